The zero-order chi connectivity index (χ0) is 53.2. The monoisotopic (exact) mass is 1060 g/mol. The van der Waals surface area contributed by atoms with E-state index in [1.165, 1.54) is 6.92 Å². The van der Waals surface area contributed by atoms with E-state index in [2.05, 4.69) is 10.6 Å². The van der Waals surface area contributed by atoms with Crippen LogP contribution in [0.2, 0.25) is 0 Å². The number of hydrogen-bond donors (Lipinski definition) is 19. The van der Waals surface area contributed by atoms with Crippen molar-refractivity contribution in [2.45, 2.75) is 205 Å². The number of aliphatic hydroxyl groups is 17. The maximum absolute atomic E-state index is 13.1. The Morgan fingerprint density at radius 1 is 0.389 bits per heavy atom. The molecule has 1 unspecified atom stereocenters. The molecule has 0 saturated carbocycles. The predicted octanol–water partition coefficient (Wildman–Crippen LogP) is -12.8. The van der Waals surface area contributed by atoms with Crippen molar-refractivity contribution in [1.82, 2.24) is 10.6 Å². The minimum absolute atomic E-state index is 0.734. The summed E-state index contributed by atoms with van der Waals surface area (Å²) < 4.78 is 64.0. The van der Waals surface area contributed by atoms with E-state index in [1.807, 2.05) is 0 Å². The molecule has 32 heteroatoms. The summed E-state index contributed by atoms with van der Waals surface area (Å²) in [5, 5.41) is 186. The molecule has 30 atom stereocenters. The van der Waals surface area contributed by atoms with Crippen LogP contribution < -0.4 is 10.6 Å². The standard InChI is InChI=1S/C40H68N2O30/c1-9-19(49)24(54)28(58)38(63-9)71-33-18(42-11(3)48)37(67-15(7-46)32(33)70-39-29(59)25(55)21(51)13(5-44)66-39)72-34-22(52)16(8-62-36-17(41-10(2)47)23(53)20(50)12(4-43)65-36)68-40(30(34)60)69-31-14(6-45)64-35(61)27(57)26(31)56/h9,12-40,43-46,49-61H,4-8H2,1-3H3,(H,41,47)(H,42,48)/t9-,12+,13+,14+,15+,16+,17+,18+,19+,20+,21-,22-,23+,24+,25-,26+,27+,28-,29+,30+,31+,32+,33+,34-,35?,36+,37-,38-,39-,40-/m0/s1. The molecule has 0 spiro atoms. The van der Waals surface area contributed by atoms with Gasteiger partial charge in [-0.1, -0.05) is 0 Å². The Kier molecular flexibility index (Phi) is 20.8. The van der Waals surface area contributed by atoms with Gasteiger partial charge in [0.1, 0.15) is 140 Å². The van der Waals surface area contributed by atoms with E-state index < -0.39 is 229 Å². The molecule has 6 aliphatic heterocycles. The topological polar surface area (TPSA) is 504 Å². The van der Waals surface area contributed by atoms with Gasteiger partial charge in [0.2, 0.25) is 11.8 Å². The highest BCUT2D eigenvalue weighted by molar-refractivity contribution is 5.73. The molecule has 0 aromatic heterocycles. The fraction of sp³-hybridized carbons (Fsp3) is 0.950. The van der Waals surface area contributed by atoms with Crippen LogP contribution in [-0.4, -0.2) is 316 Å². The fourth-order valence-electron chi connectivity index (χ4n) is 9.16. The highest BCUT2D eigenvalue weighted by Crippen LogP contribution is 2.37. The van der Waals surface area contributed by atoms with Gasteiger partial charge in [0.25, 0.3) is 0 Å². The highest BCUT2D eigenvalue weighted by atomic mass is 16.8. The molecule has 0 aromatic rings. The minimum atomic E-state index is -2.28. The number of rotatable bonds is 17. The summed E-state index contributed by atoms with van der Waals surface area (Å²) in [6.07, 6.45) is -53.0. The van der Waals surface area contributed by atoms with E-state index in [-0.39, 0.29) is 0 Å². The predicted molar refractivity (Wildman–Crippen MR) is 221 cm³/mol. The summed E-state index contributed by atoms with van der Waals surface area (Å²) in [4.78, 5) is 25.2. The summed E-state index contributed by atoms with van der Waals surface area (Å²) >= 11 is 0. The molecule has 19 N–H and O–H groups in total. The first-order valence-corrected chi connectivity index (χ1v) is 23.0. The van der Waals surface area contributed by atoms with Gasteiger partial charge in [-0.15, -0.1) is 0 Å². The Bertz CT molecular complexity index is 1730. The Morgan fingerprint density at radius 2 is 0.833 bits per heavy atom. The van der Waals surface area contributed by atoms with Gasteiger partial charge in [0.05, 0.1) is 39.1 Å². The molecule has 32 nitrogen and oxygen atoms in total. The van der Waals surface area contributed by atoms with Crippen LogP contribution in [0.3, 0.4) is 0 Å². The van der Waals surface area contributed by atoms with Crippen LogP contribution in [0.1, 0.15) is 20.8 Å². The molecular formula is C40H68N2O30. The SMILES string of the molecule is CC(=O)N[C@H]1[C@H](OC[C@H]2O[C@@H](O[C@H]3[C@H](O)[C@@H](O)C(O)O[C@@H]3CO)[C@H](O)[C@@H](O[C@@H]3O[C@H](CO)[C@@H](O[C@@H]4O[C@H](CO)[C@H](O)[C@H](O)[C@H]4O)[C@H](O[C@@H]4O[C@@H](C)[C@@H](O)[C@@H](O)[C@@H]4O)[C@H]3NC(C)=O)[C@H]2O)O[C@H](CO)[C@@H](O)[C@@H]1O. The second-order valence-electron chi connectivity index (χ2n) is 18.3. The highest BCUT2D eigenvalue weighted by Gasteiger charge is 2.58. The molecule has 72 heavy (non-hydrogen) atoms. The lowest BCUT2D eigenvalue weighted by atomic mass is 9.93. The third-order valence-corrected chi connectivity index (χ3v) is 13.2. The van der Waals surface area contributed by atoms with Crippen molar-refractivity contribution in [2.75, 3.05) is 33.0 Å². The summed E-state index contributed by atoms with van der Waals surface area (Å²) in [5.74, 6) is -1.63. The molecule has 0 aromatic carbocycles. The van der Waals surface area contributed by atoms with Crippen LogP contribution >= 0.6 is 0 Å². The molecule has 2 amide bonds. The quantitative estimate of drug-likeness (QED) is 0.0643. The van der Waals surface area contributed by atoms with Crippen molar-refractivity contribution in [3.8, 4) is 0 Å². The molecule has 0 aliphatic carbocycles. The molecule has 6 saturated heterocycles. The number of hydrogen-bond acceptors (Lipinski definition) is 30. The summed E-state index contributed by atoms with van der Waals surface area (Å²) in [6.45, 7) is -1.37. The van der Waals surface area contributed by atoms with Crippen molar-refractivity contribution in [3.63, 3.8) is 0 Å². The van der Waals surface area contributed by atoms with E-state index >= 15 is 0 Å². The van der Waals surface area contributed by atoms with Gasteiger partial charge in [0.15, 0.2) is 37.7 Å². The number of amides is 2. The maximum Gasteiger partial charge on any atom is 0.217 e. The van der Waals surface area contributed by atoms with Crippen LogP contribution in [0.4, 0.5) is 0 Å². The normalized spacial score (nSPS) is 50.3. The zero-order valence-corrected chi connectivity index (χ0v) is 38.8. The van der Waals surface area contributed by atoms with E-state index in [0.717, 1.165) is 13.8 Å². The first kappa shape index (κ1) is 59.1. The van der Waals surface area contributed by atoms with E-state index in [0.29, 0.717) is 0 Å². The molecular weight excluding hydrogens is 988 g/mol. The van der Waals surface area contributed by atoms with Crippen molar-refractivity contribution >= 4 is 11.8 Å². The molecule has 6 rings (SSSR count). The average molecular weight is 1060 g/mol. The number of ether oxygens (including phenoxy) is 11. The molecule has 6 fully saturated rings. The number of aliphatic hydroxyl groups excluding tert-OH is 17. The van der Waals surface area contributed by atoms with E-state index in [9.17, 15) is 96.4 Å². The second kappa shape index (κ2) is 25.3. The largest absolute Gasteiger partial charge is 0.394 e. The minimum Gasteiger partial charge on any atom is -0.394 e. The van der Waals surface area contributed by atoms with Gasteiger partial charge in [0, 0.05) is 13.8 Å². The van der Waals surface area contributed by atoms with Gasteiger partial charge < -0.3 is 150 Å². The Morgan fingerprint density at radius 3 is 1.42 bits per heavy atom. The van der Waals surface area contributed by atoms with Crippen LogP contribution in [-0.2, 0) is 61.7 Å². The molecule has 0 bridgehead atoms. The van der Waals surface area contributed by atoms with Gasteiger partial charge in [-0.3, -0.25) is 9.59 Å². The zero-order valence-electron chi connectivity index (χ0n) is 38.8. The Hall–Kier alpha value is -2.18. The Labute approximate surface area is 408 Å². The van der Waals surface area contributed by atoms with Crippen molar-refractivity contribution in [2.24, 2.45) is 0 Å². The lowest BCUT2D eigenvalue weighted by molar-refractivity contribution is -0.392. The summed E-state index contributed by atoms with van der Waals surface area (Å²) in [6, 6.07) is -3.38. The third kappa shape index (κ3) is 12.6. The van der Waals surface area contributed by atoms with Crippen molar-refractivity contribution in [1.29, 1.82) is 0 Å². The van der Waals surface area contributed by atoms with Crippen LogP contribution in [0.5, 0.6) is 0 Å². The molecule has 0 radical (unpaired) electrons. The van der Waals surface area contributed by atoms with Crippen LogP contribution in [0, 0.1) is 0 Å². The molecule has 6 heterocycles. The number of nitrogens with one attached hydrogen (secondary N) is 2. The molecule has 418 valence electrons. The third-order valence-electron chi connectivity index (χ3n) is 13.2. The fourth-order valence-corrected chi connectivity index (χ4v) is 9.16. The Balaban J connectivity index is 1.37. The van der Waals surface area contributed by atoms with Gasteiger partial charge in [-0.2, -0.15) is 0 Å². The number of carbonyl (C=O) groups excluding carboxylic acids is 2. The van der Waals surface area contributed by atoms with Crippen LogP contribution in [0.25, 0.3) is 0 Å². The van der Waals surface area contributed by atoms with E-state index in [1.54, 1.807) is 0 Å². The maximum atomic E-state index is 13.1. The van der Waals surface area contributed by atoms with Gasteiger partial charge >= 0.3 is 0 Å². The first-order chi connectivity index (χ1) is 34.0. The van der Waals surface area contributed by atoms with Crippen LogP contribution in [0.15, 0.2) is 0 Å². The first-order valence-electron chi connectivity index (χ1n) is 23.0. The smallest absolute Gasteiger partial charge is 0.217 e. The second-order valence-corrected chi connectivity index (χ2v) is 18.3. The lowest BCUT2D eigenvalue weighted by Crippen LogP contribution is -2.71. The van der Waals surface area contributed by atoms with Gasteiger partial charge in [-0.05, 0) is 6.92 Å². The summed E-state index contributed by atoms with van der Waals surface area (Å²) in [7, 11) is 0. The average Bonchev–Trinajstić information content (AvgIpc) is 3.34. The van der Waals surface area contributed by atoms with Crippen molar-refractivity contribution < 1.29 is 149 Å². The lowest BCUT2D eigenvalue weighted by Gasteiger charge is -2.52. The van der Waals surface area contributed by atoms with E-state index in [4.69, 9.17) is 52.1 Å². The number of carbonyl (C=O) groups is 2. The summed E-state index contributed by atoms with van der Waals surface area (Å²) in [5.41, 5.74) is 0. The van der Waals surface area contributed by atoms with Gasteiger partial charge in [-0.25, -0.2) is 0 Å². The van der Waals surface area contributed by atoms with Crippen molar-refractivity contribution in [3.05, 3.63) is 0 Å². The molecule has 6 aliphatic rings.